The number of aliphatic hydroxyl groups is 1. The molecule has 0 unspecified atom stereocenters. The van der Waals surface area contributed by atoms with Crippen LogP contribution in [0.3, 0.4) is 0 Å². The van der Waals surface area contributed by atoms with Crippen molar-refractivity contribution < 1.29 is 14.7 Å². The number of likely N-dealkylation sites (N-methyl/N-ethyl adjacent to an activating group) is 1. The molecule has 0 radical (unpaired) electrons. The van der Waals surface area contributed by atoms with E-state index in [0.29, 0.717) is 5.56 Å². The molecule has 0 heterocycles. The Morgan fingerprint density at radius 1 is 1.12 bits per heavy atom. The van der Waals surface area contributed by atoms with E-state index in [1.807, 2.05) is 0 Å². The number of carbonyl (C=O) groups is 2. The summed E-state index contributed by atoms with van der Waals surface area (Å²) in [5, 5.41) is 12.4. The van der Waals surface area contributed by atoms with Gasteiger partial charge in [-0.15, -0.1) is 0 Å². The van der Waals surface area contributed by atoms with Crippen LogP contribution >= 0.6 is 0 Å². The Morgan fingerprint density at radius 2 is 1.69 bits per heavy atom. The first-order valence-corrected chi connectivity index (χ1v) is 4.92. The molecule has 0 aromatic heterocycles. The van der Waals surface area contributed by atoms with Gasteiger partial charge >= 0.3 is 0 Å². The fraction of sp³-hybridized carbons (Fsp3) is 0.167. The summed E-state index contributed by atoms with van der Waals surface area (Å²) in [4.78, 5) is 23.7. The number of carbonyl (C=O) groups excluding carboxylic acids is 2. The van der Waals surface area contributed by atoms with Crippen molar-refractivity contribution in [2.45, 2.75) is 0 Å². The summed E-state index contributed by atoms with van der Waals surface area (Å²) in [5.41, 5.74) is 0.756. The maximum atomic E-state index is 12.0. The van der Waals surface area contributed by atoms with Crippen LogP contribution in [0, 0.1) is 0 Å². The number of benzene rings is 1. The van der Waals surface area contributed by atoms with Crippen LogP contribution < -0.4 is 5.32 Å². The molecule has 4 nitrogen and oxygen atoms in total. The van der Waals surface area contributed by atoms with E-state index in [-0.39, 0.29) is 23.5 Å². The topological polar surface area (TPSA) is 66.4 Å². The molecule has 16 heavy (non-hydrogen) atoms. The molecule has 1 aromatic rings. The van der Waals surface area contributed by atoms with Gasteiger partial charge in [-0.25, -0.2) is 0 Å². The van der Waals surface area contributed by atoms with Gasteiger partial charge in [0.05, 0.1) is 5.57 Å². The van der Waals surface area contributed by atoms with Gasteiger partial charge in [-0.2, -0.15) is 0 Å². The van der Waals surface area contributed by atoms with E-state index in [9.17, 15) is 14.7 Å². The molecule has 0 saturated heterocycles. The normalized spacial score (nSPS) is 15.3. The molecule has 0 spiro atoms. The van der Waals surface area contributed by atoms with Crippen LogP contribution in [0.25, 0.3) is 0 Å². The van der Waals surface area contributed by atoms with Gasteiger partial charge in [-0.05, 0) is 7.05 Å². The fourth-order valence-corrected chi connectivity index (χ4v) is 1.75. The Balaban J connectivity index is 2.58. The molecule has 0 fully saturated rings. The third kappa shape index (κ3) is 1.44. The first-order chi connectivity index (χ1) is 7.66. The minimum absolute atomic E-state index is 0.131. The number of rotatable bonds is 2. The first-order valence-electron chi connectivity index (χ1n) is 4.92. The van der Waals surface area contributed by atoms with Crippen LogP contribution in [-0.2, 0) is 0 Å². The summed E-state index contributed by atoms with van der Waals surface area (Å²) in [6.07, 6.45) is 0. The highest BCUT2D eigenvalue weighted by Gasteiger charge is 2.31. The average molecular weight is 217 g/mol. The van der Waals surface area contributed by atoms with E-state index in [0.717, 1.165) is 0 Å². The van der Waals surface area contributed by atoms with Crippen molar-refractivity contribution in [3.05, 3.63) is 46.7 Å². The number of ketones is 2. The number of allylic oxidation sites excluding steroid dienone is 1. The molecule has 2 rings (SSSR count). The second kappa shape index (κ2) is 3.90. The molecule has 1 aliphatic carbocycles. The maximum absolute atomic E-state index is 12.0. The molecule has 1 aromatic carbocycles. The van der Waals surface area contributed by atoms with Crippen LogP contribution in [0.15, 0.2) is 35.6 Å². The molecule has 0 saturated carbocycles. The molecule has 0 bridgehead atoms. The molecular formula is C12H11NO3. The fourth-order valence-electron chi connectivity index (χ4n) is 1.75. The zero-order valence-electron chi connectivity index (χ0n) is 8.78. The van der Waals surface area contributed by atoms with Gasteiger partial charge in [-0.3, -0.25) is 9.59 Å². The average Bonchev–Trinajstić information content (AvgIpc) is 2.32. The Bertz CT molecular complexity index is 503. The highest BCUT2D eigenvalue weighted by atomic mass is 16.3. The van der Waals surface area contributed by atoms with E-state index in [1.54, 1.807) is 31.3 Å². The summed E-state index contributed by atoms with van der Waals surface area (Å²) in [7, 11) is 1.65. The van der Waals surface area contributed by atoms with Crippen molar-refractivity contribution in [2.75, 3.05) is 13.6 Å². The van der Waals surface area contributed by atoms with Crippen LogP contribution in [0.1, 0.15) is 20.7 Å². The molecule has 0 aliphatic heterocycles. The molecule has 2 N–H and O–H groups in total. The molecule has 1 aliphatic rings. The highest BCUT2D eigenvalue weighted by molar-refractivity contribution is 6.26. The van der Waals surface area contributed by atoms with Gasteiger partial charge < -0.3 is 10.4 Å². The molecule has 4 heteroatoms. The second-order valence-electron chi connectivity index (χ2n) is 3.56. The van der Waals surface area contributed by atoms with Gasteiger partial charge in [0, 0.05) is 17.7 Å². The first kappa shape index (κ1) is 10.6. The summed E-state index contributed by atoms with van der Waals surface area (Å²) < 4.78 is 0. The summed E-state index contributed by atoms with van der Waals surface area (Å²) in [6, 6.07) is 6.50. The van der Waals surface area contributed by atoms with Crippen LogP contribution in [0.4, 0.5) is 0 Å². The van der Waals surface area contributed by atoms with E-state index >= 15 is 0 Å². The Morgan fingerprint density at radius 3 is 2.25 bits per heavy atom. The Hall–Kier alpha value is -1.94. The molecular weight excluding hydrogens is 206 g/mol. The van der Waals surface area contributed by atoms with Gasteiger partial charge in [0.2, 0.25) is 5.78 Å². The predicted octanol–water partition coefficient (Wildman–Crippen LogP) is 1.10. The third-order valence-electron chi connectivity index (χ3n) is 2.54. The van der Waals surface area contributed by atoms with E-state index in [4.69, 9.17) is 0 Å². The highest BCUT2D eigenvalue weighted by Crippen LogP contribution is 2.24. The molecule has 0 amide bonds. The summed E-state index contributed by atoms with van der Waals surface area (Å²) >= 11 is 0. The minimum atomic E-state index is -0.486. The smallest absolute Gasteiger partial charge is 0.228 e. The number of hydrogen-bond donors (Lipinski definition) is 2. The van der Waals surface area contributed by atoms with Crippen LogP contribution in [-0.4, -0.2) is 30.3 Å². The zero-order valence-corrected chi connectivity index (χ0v) is 8.78. The van der Waals surface area contributed by atoms with Crippen molar-refractivity contribution in [1.82, 2.24) is 5.32 Å². The SMILES string of the molecule is CNCC1=C(O)C(=O)c2ccccc2C1=O. The standard InChI is InChI=1S/C12H11NO3/c1-13-6-9-10(14)7-4-2-3-5-8(7)11(15)12(9)16/h2-5,13,16H,6H2,1H3. The maximum Gasteiger partial charge on any atom is 0.228 e. The quantitative estimate of drug-likeness (QED) is 0.778. The van der Waals surface area contributed by atoms with Gasteiger partial charge in [-0.1, -0.05) is 24.3 Å². The number of Topliss-reactive ketones (excluding diaryl/α,β-unsaturated/α-hetero) is 2. The van der Waals surface area contributed by atoms with E-state index in [1.165, 1.54) is 0 Å². The molecule has 82 valence electrons. The van der Waals surface area contributed by atoms with Crippen molar-refractivity contribution in [3.63, 3.8) is 0 Å². The molecule has 0 atom stereocenters. The van der Waals surface area contributed by atoms with Gasteiger partial charge in [0.15, 0.2) is 11.5 Å². The van der Waals surface area contributed by atoms with Crippen LogP contribution in [0.2, 0.25) is 0 Å². The largest absolute Gasteiger partial charge is 0.504 e. The van der Waals surface area contributed by atoms with Crippen LogP contribution in [0.5, 0.6) is 0 Å². The Kier molecular flexibility index (Phi) is 2.58. The van der Waals surface area contributed by atoms with E-state index in [2.05, 4.69) is 5.32 Å². The lowest BCUT2D eigenvalue weighted by Crippen LogP contribution is -2.27. The minimum Gasteiger partial charge on any atom is -0.504 e. The lowest BCUT2D eigenvalue weighted by Gasteiger charge is -2.16. The number of aliphatic hydroxyl groups excluding tert-OH is 1. The zero-order chi connectivity index (χ0) is 11.7. The van der Waals surface area contributed by atoms with Crippen molar-refractivity contribution >= 4 is 11.6 Å². The van der Waals surface area contributed by atoms with Crippen molar-refractivity contribution in [2.24, 2.45) is 0 Å². The van der Waals surface area contributed by atoms with Crippen molar-refractivity contribution in [3.8, 4) is 0 Å². The van der Waals surface area contributed by atoms with Gasteiger partial charge in [0.1, 0.15) is 0 Å². The number of hydrogen-bond acceptors (Lipinski definition) is 4. The van der Waals surface area contributed by atoms with E-state index < -0.39 is 11.5 Å². The summed E-state index contributed by atoms with van der Waals surface area (Å²) in [5.74, 6) is -1.22. The number of fused-ring (bicyclic) bond motifs is 1. The Labute approximate surface area is 92.6 Å². The third-order valence-corrected chi connectivity index (χ3v) is 2.54. The summed E-state index contributed by atoms with van der Waals surface area (Å²) in [6.45, 7) is 0.185. The van der Waals surface area contributed by atoms with Crippen molar-refractivity contribution in [1.29, 1.82) is 0 Å². The monoisotopic (exact) mass is 217 g/mol. The van der Waals surface area contributed by atoms with Gasteiger partial charge in [0.25, 0.3) is 0 Å². The number of nitrogens with one attached hydrogen (secondary N) is 1. The predicted molar refractivity (Wildman–Crippen MR) is 58.7 cm³/mol. The second-order valence-corrected chi connectivity index (χ2v) is 3.56. The lowest BCUT2D eigenvalue weighted by atomic mass is 9.88. The lowest BCUT2D eigenvalue weighted by molar-refractivity contribution is 0.0927.